The number of hydrogen-bond acceptors (Lipinski definition) is 6. The van der Waals surface area contributed by atoms with Crippen molar-refractivity contribution in [2.45, 2.75) is 89.2 Å². The molecular formula is C25H34F3N5O5. The summed E-state index contributed by atoms with van der Waals surface area (Å²) in [7, 11) is 0. The number of alkyl halides is 3. The zero-order chi connectivity index (χ0) is 28.1. The molecule has 2 amide bonds. The van der Waals surface area contributed by atoms with Crippen LogP contribution in [-0.2, 0) is 14.3 Å². The van der Waals surface area contributed by atoms with Gasteiger partial charge in [0, 0.05) is 29.7 Å². The van der Waals surface area contributed by atoms with E-state index in [1.54, 1.807) is 4.90 Å². The molecule has 4 rings (SSSR count). The van der Waals surface area contributed by atoms with Gasteiger partial charge in [0.1, 0.15) is 11.6 Å². The molecule has 13 heteroatoms. The molecule has 1 saturated heterocycles. The zero-order valence-electron chi connectivity index (χ0n) is 21.6. The maximum atomic E-state index is 12.9. The Morgan fingerprint density at radius 2 is 1.71 bits per heavy atom. The number of hydrogen-bond donors (Lipinski definition) is 4. The fraction of sp³-hybridized carbons (Fsp3) is 0.600. The molecule has 1 saturated carbocycles. The van der Waals surface area contributed by atoms with E-state index < -0.39 is 29.9 Å². The van der Waals surface area contributed by atoms with Crippen molar-refractivity contribution in [3.05, 3.63) is 24.4 Å². The number of amides is 2. The number of likely N-dealkylation sites (tertiary alicyclic amines) is 1. The summed E-state index contributed by atoms with van der Waals surface area (Å²) < 4.78 is 37.2. The van der Waals surface area contributed by atoms with Crippen molar-refractivity contribution < 1.29 is 37.4 Å². The summed E-state index contributed by atoms with van der Waals surface area (Å²) in [5.74, 6) is -2.81. The van der Waals surface area contributed by atoms with Gasteiger partial charge in [-0.2, -0.15) is 18.3 Å². The third-order valence-corrected chi connectivity index (χ3v) is 6.31. The first kappa shape index (κ1) is 29.1. The maximum Gasteiger partial charge on any atom is 0.490 e. The van der Waals surface area contributed by atoms with Crippen molar-refractivity contribution in [1.29, 1.82) is 0 Å². The largest absolute Gasteiger partial charge is 0.490 e. The molecule has 1 aliphatic carbocycles. The molecule has 1 aliphatic heterocycles. The summed E-state index contributed by atoms with van der Waals surface area (Å²) in [5.41, 5.74) is 1.57. The third kappa shape index (κ3) is 8.25. The molecule has 2 fully saturated rings. The number of carbonyl (C=O) groups excluding carboxylic acids is 2. The molecular weight excluding hydrogens is 507 g/mol. The number of anilines is 1. The van der Waals surface area contributed by atoms with Crippen LogP contribution in [0, 0.1) is 0 Å². The van der Waals surface area contributed by atoms with Gasteiger partial charge in [0.2, 0.25) is 5.91 Å². The molecule has 4 N–H and O–H groups in total. The van der Waals surface area contributed by atoms with Crippen molar-refractivity contribution in [2.24, 2.45) is 0 Å². The minimum Gasteiger partial charge on any atom is -0.475 e. The van der Waals surface area contributed by atoms with Gasteiger partial charge in [0.05, 0.1) is 11.7 Å². The number of carbonyl (C=O) groups is 3. The van der Waals surface area contributed by atoms with Gasteiger partial charge >= 0.3 is 18.2 Å². The molecule has 0 radical (unpaired) electrons. The minimum atomic E-state index is -5.08. The summed E-state index contributed by atoms with van der Waals surface area (Å²) in [5, 5.41) is 22.1. The van der Waals surface area contributed by atoms with Crippen molar-refractivity contribution >= 4 is 34.6 Å². The molecule has 2 aliphatic rings. The SMILES string of the molecule is CC(C)(C)OC(=O)N1CCC[C@@H]1C(=O)NC1CCC(Nc2ccc3[nH]ncc3c2)CC1.O=C(O)C(F)(F)F. The van der Waals surface area contributed by atoms with Crippen LogP contribution in [0.5, 0.6) is 0 Å². The van der Waals surface area contributed by atoms with Crippen molar-refractivity contribution in [1.82, 2.24) is 20.4 Å². The number of carboxylic acids is 1. The molecule has 1 aromatic carbocycles. The van der Waals surface area contributed by atoms with Crippen LogP contribution in [0.25, 0.3) is 10.9 Å². The lowest BCUT2D eigenvalue weighted by Gasteiger charge is -2.32. The second-order valence-corrected chi connectivity index (χ2v) is 10.5. The number of aromatic amines is 1. The van der Waals surface area contributed by atoms with Crippen LogP contribution in [0.2, 0.25) is 0 Å². The predicted molar refractivity (Wildman–Crippen MR) is 134 cm³/mol. The van der Waals surface area contributed by atoms with Crippen LogP contribution < -0.4 is 10.6 Å². The van der Waals surface area contributed by atoms with Gasteiger partial charge in [-0.3, -0.25) is 14.8 Å². The second-order valence-electron chi connectivity index (χ2n) is 10.5. The lowest BCUT2D eigenvalue weighted by Crippen LogP contribution is -2.50. The second kappa shape index (κ2) is 11.9. The number of fused-ring (bicyclic) bond motifs is 1. The standard InChI is InChI=1S/C23H33N5O3.C2HF3O2/c1-23(2,3)31-22(30)28-12-4-5-20(28)21(29)26-17-8-6-16(7-9-17)25-18-10-11-19-15(13-18)14-24-27-19;3-2(4,5)1(6)7/h10-11,13-14,16-17,20,25H,4-9,12H2,1-3H3,(H,24,27)(H,26,29);(H,6,7)/t16?,17?,20-;/m1./s1. The van der Waals surface area contributed by atoms with Crippen LogP contribution in [0.1, 0.15) is 59.3 Å². The van der Waals surface area contributed by atoms with Crippen molar-refractivity contribution in [3.63, 3.8) is 0 Å². The summed E-state index contributed by atoms with van der Waals surface area (Å²) in [4.78, 5) is 35.8. The highest BCUT2D eigenvalue weighted by atomic mass is 19.4. The molecule has 0 bridgehead atoms. The Labute approximate surface area is 218 Å². The number of nitrogens with one attached hydrogen (secondary N) is 3. The normalized spacial score (nSPS) is 21.8. The number of benzene rings is 1. The first-order chi connectivity index (χ1) is 17.7. The Hall–Kier alpha value is -3.51. The van der Waals surface area contributed by atoms with E-state index in [4.69, 9.17) is 14.6 Å². The maximum absolute atomic E-state index is 12.9. The number of halogens is 3. The Kier molecular flexibility index (Phi) is 9.10. The third-order valence-electron chi connectivity index (χ3n) is 6.31. The van der Waals surface area contributed by atoms with Crippen LogP contribution >= 0.6 is 0 Å². The average Bonchev–Trinajstić information content (AvgIpc) is 3.48. The van der Waals surface area contributed by atoms with Gasteiger partial charge in [-0.1, -0.05) is 0 Å². The number of rotatable bonds is 4. The van der Waals surface area contributed by atoms with E-state index in [0.29, 0.717) is 19.0 Å². The van der Waals surface area contributed by atoms with Crippen LogP contribution in [-0.4, -0.2) is 74.6 Å². The topological polar surface area (TPSA) is 137 Å². The smallest absolute Gasteiger partial charge is 0.475 e. The van der Waals surface area contributed by atoms with Gasteiger partial charge in [0.15, 0.2) is 0 Å². The summed E-state index contributed by atoms with van der Waals surface area (Å²) in [6.07, 6.45) is 1.72. The van der Waals surface area contributed by atoms with Gasteiger partial charge in [-0.05, 0) is 77.5 Å². The molecule has 10 nitrogen and oxygen atoms in total. The number of H-pyrrole nitrogens is 1. The van der Waals surface area contributed by atoms with Crippen molar-refractivity contribution in [3.8, 4) is 0 Å². The highest BCUT2D eigenvalue weighted by Crippen LogP contribution is 2.26. The molecule has 210 valence electrons. The van der Waals surface area contributed by atoms with E-state index >= 15 is 0 Å². The van der Waals surface area contributed by atoms with E-state index in [0.717, 1.165) is 48.7 Å². The Balaban J connectivity index is 0.000000505. The number of aromatic nitrogens is 2. The lowest BCUT2D eigenvalue weighted by atomic mass is 9.90. The molecule has 1 atom stereocenters. The summed E-state index contributed by atoms with van der Waals surface area (Å²) in [6, 6.07) is 6.34. The monoisotopic (exact) mass is 541 g/mol. The van der Waals surface area contributed by atoms with Crippen LogP contribution in [0.3, 0.4) is 0 Å². The summed E-state index contributed by atoms with van der Waals surface area (Å²) >= 11 is 0. The molecule has 2 aromatic rings. The van der Waals surface area contributed by atoms with E-state index in [1.807, 2.05) is 33.0 Å². The average molecular weight is 542 g/mol. The van der Waals surface area contributed by atoms with Crippen LogP contribution in [0.4, 0.5) is 23.7 Å². The molecule has 0 spiro atoms. The van der Waals surface area contributed by atoms with E-state index in [9.17, 15) is 22.8 Å². The Bertz CT molecular complexity index is 1120. The molecule has 1 aromatic heterocycles. The highest BCUT2D eigenvalue weighted by Gasteiger charge is 2.39. The fourth-order valence-electron chi connectivity index (χ4n) is 4.53. The van der Waals surface area contributed by atoms with Gasteiger partial charge < -0.3 is 20.5 Å². The van der Waals surface area contributed by atoms with Crippen molar-refractivity contribution in [2.75, 3.05) is 11.9 Å². The number of nitrogens with zero attached hydrogens (tertiary/aromatic N) is 2. The summed E-state index contributed by atoms with van der Waals surface area (Å²) in [6.45, 7) is 6.10. The first-order valence-electron chi connectivity index (χ1n) is 12.5. The zero-order valence-corrected chi connectivity index (χ0v) is 21.6. The molecule has 38 heavy (non-hydrogen) atoms. The van der Waals surface area contributed by atoms with Gasteiger partial charge in [0.25, 0.3) is 0 Å². The van der Waals surface area contributed by atoms with E-state index in [-0.39, 0.29) is 11.9 Å². The van der Waals surface area contributed by atoms with Gasteiger partial charge in [-0.15, -0.1) is 0 Å². The lowest BCUT2D eigenvalue weighted by molar-refractivity contribution is -0.192. The van der Waals surface area contributed by atoms with Crippen LogP contribution in [0.15, 0.2) is 24.4 Å². The Morgan fingerprint density at radius 1 is 1.08 bits per heavy atom. The Morgan fingerprint density at radius 3 is 2.32 bits per heavy atom. The number of ether oxygens (including phenoxy) is 1. The highest BCUT2D eigenvalue weighted by molar-refractivity contribution is 5.86. The predicted octanol–water partition coefficient (Wildman–Crippen LogP) is 4.44. The quantitative estimate of drug-likeness (QED) is 0.449. The number of aliphatic carboxylic acids is 1. The number of carboxylic acid groups (broad SMARTS) is 1. The first-order valence-corrected chi connectivity index (χ1v) is 12.5. The van der Waals surface area contributed by atoms with E-state index in [1.165, 1.54) is 0 Å². The fourth-order valence-corrected chi connectivity index (χ4v) is 4.53. The molecule has 0 unspecified atom stereocenters. The molecule has 2 heterocycles. The minimum absolute atomic E-state index is 0.0508. The van der Waals surface area contributed by atoms with E-state index in [2.05, 4.69) is 33.0 Å². The van der Waals surface area contributed by atoms with Gasteiger partial charge in [-0.25, -0.2) is 9.59 Å².